The van der Waals surface area contributed by atoms with Crippen molar-refractivity contribution in [2.75, 3.05) is 0 Å². The molecule has 0 aromatic heterocycles. The monoisotopic (exact) mass is 805 g/mol. The van der Waals surface area contributed by atoms with Crippen LogP contribution in [0.5, 0.6) is 0 Å². The molecule has 0 saturated heterocycles. The minimum atomic E-state index is -0.728. The first-order valence-corrected chi connectivity index (χ1v) is 26.4. The fourth-order valence-electron chi connectivity index (χ4n) is 9.23. The predicted octanol–water partition coefficient (Wildman–Crippen LogP) is 18.9. The van der Waals surface area contributed by atoms with Crippen molar-refractivity contribution < 1.29 is 19.8 Å². The summed E-state index contributed by atoms with van der Waals surface area (Å²) < 4.78 is 0. The Morgan fingerprint density at radius 2 is 0.456 bits per heavy atom. The predicted molar refractivity (Wildman–Crippen MR) is 251 cm³/mol. The second kappa shape index (κ2) is 46.0. The summed E-state index contributed by atoms with van der Waals surface area (Å²) in [7, 11) is 0. The van der Waals surface area contributed by atoms with Gasteiger partial charge in [0.15, 0.2) is 0 Å². The first kappa shape index (κ1) is 55.9. The highest BCUT2D eigenvalue weighted by molar-refractivity contribution is 5.74. The second-order valence-corrected chi connectivity index (χ2v) is 18.8. The van der Waals surface area contributed by atoms with Crippen molar-refractivity contribution >= 4 is 11.9 Å². The highest BCUT2D eigenvalue weighted by atomic mass is 16.4. The van der Waals surface area contributed by atoms with Gasteiger partial charge in [-0.25, -0.2) is 0 Å². The molecule has 0 rings (SSSR count). The summed E-state index contributed by atoms with van der Waals surface area (Å²) >= 11 is 0. The lowest BCUT2D eigenvalue weighted by molar-refractivity contribution is -0.150. The number of hydrogen-bond donors (Lipinski definition) is 2. The maximum Gasteiger partial charge on any atom is 0.309 e. The Hall–Kier alpha value is -1.06. The summed E-state index contributed by atoms with van der Waals surface area (Å²) in [6, 6.07) is 0. The van der Waals surface area contributed by atoms with Gasteiger partial charge in [-0.05, 0) is 25.7 Å². The molecule has 340 valence electrons. The quantitative estimate of drug-likeness (QED) is 0.0601. The molecule has 57 heavy (non-hydrogen) atoms. The van der Waals surface area contributed by atoms with Gasteiger partial charge < -0.3 is 10.2 Å². The minimum Gasteiger partial charge on any atom is -0.481 e. The van der Waals surface area contributed by atoms with E-state index in [1.54, 1.807) is 0 Å². The normalized spacial score (nSPS) is 11.8. The van der Waals surface area contributed by atoms with Gasteiger partial charge in [-0.3, -0.25) is 9.59 Å². The number of aliphatic carboxylic acids is 2. The van der Waals surface area contributed by atoms with Gasteiger partial charge in [-0.15, -0.1) is 0 Å². The molecule has 0 bridgehead atoms. The molecule has 0 atom stereocenters. The van der Waals surface area contributed by atoms with Crippen LogP contribution in [0.1, 0.15) is 322 Å². The highest BCUT2D eigenvalue weighted by Gasteiger charge is 2.36. The van der Waals surface area contributed by atoms with Crippen LogP contribution in [-0.4, -0.2) is 22.2 Å². The first-order valence-electron chi connectivity index (χ1n) is 26.4. The van der Waals surface area contributed by atoms with E-state index in [9.17, 15) is 14.7 Å². The van der Waals surface area contributed by atoms with Crippen LogP contribution in [-0.2, 0) is 9.59 Å². The lowest BCUT2D eigenvalue weighted by atomic mass is 9.74. The molecule has 0 aliphatic rings. The topological polar surface area (TPSA) is 74.6 Å². The average Bonchev–Trinajstić information content (AvgIpc) is 3.20. The van der Waals surface area contributed by atoms with Crippen molar-refractivity contribution in [1.29, 1.82) is 0 Å². The zero-order chi connectivity index (χ0) is 41.6. The van der Waals surface area contributed by atoms with Crippen LogP contribution < -0.4 is 0 Å². The van der Waals surface area contributed by atoms with E-state index in [0.29, 0.717) is 6.42 Å². The van der Waals surface area contributed by atoms with Crippen molar-refractivity contribution in [1.82, 2.24) is 0 Å². The van der Waals surface area contributed by atoms with E-state index < -0.39 is 17.4 Å². The summed E-state index contributed by atoms with van der Waals surface area (Å²) in [5.74, 6) is -1.31. The number of hydrogen-bond acceptors (Lipinski definition) is 2. The number of carbonyl (C=O) groups is 2. The SMILES string of the molecule is CCCCCCCCCCCCCCCCCCCCCCC(CCCCCCCCCCCCCCCCCCCCCC)(CCCCCCC(=O)O)C(=O)O. The van der Waals surface area contributed by atoms with E-state index in [4.69, 9.17) is 5.11 Å². The van der Waals surface area contributed by atoms with Crippen LogP contribution in [0.25, 0.3) is 0 Å². The minimum absolute atomic E-state index is 0.225. The van der Waals surface area contributed by atoms with Crippen molar-refractivity contribution in [3.05, 3.63) is 0 Å². The molecule has 4 heteroatoms. The summed E-state index contributed by atoms with van der Waals surface area (Å²) in [5.41, 5.74) is -0.588. The largest absolute Gasteiger partial charge is 0.481 e. The molecule has 0 fully saturated rings. The zero-order valence-corrected chi connectivity index (χ0v) is 39.2. The fraction of sp³-hybridized carbons (Fsp3) is 0.962. The standard InChI is InChI=1S/C53H104O4/c1-3-5-7-9-11-13-15-17-19-21-23-25-27-29-31-33-35-37-40-44-48-53(52(56)57,50-46-42-39-43-47-51(54)55)49-45-41-38-36-34-32-30-28-26-24-22-20-18-16-14-12-10-8-6-4-2/h3-50H2,1-2H3,(H,54,55)(H,56,57). The van der Waals surface area contributed by atoms with Crippen LogP contribution in [0.3, 0.4) is 0 Å². The van der Waals surface area contributed by atoms with E-state index in [1.165, 1.54) is 231 Å². The number of unbranched alkanes of at least 4 members (excludes halogenated alkanes) is 41. The van der Waals surface area contributed by atoms with Gasteiger partial charge in [-0.2, -0.15) is 0 Å². The fourth-order valence-corrected chi connectivity index (χ4v) is 9.23. The van der Waals surface area contributed by atoms with Crippen molar-refractivity contribution in [2.24, 2.45) is 5.41 Å². The molecular formula is C53H104O4. The highest BCUT2D eigenvalue weighted by Crippen LogP contribution is 2.38. The second-order valence-electron chi connectivity index (χ2n) is 18.8. The molecule has 0 aromatic carbocycles. The summed E-state index contributed by atoms with van der Waals surface area (Å²) in [5, 5.41) is 19.5. The maximum absolute atomic E-state index is 12.8. The molecule has 0 saturated carbocycles. The summed E-state index contributed by atoms with van der Waals surface area (Å²) in [6.07, 6.45) is 60.7. The number of carboxylic acid groups (broad SMARTS) is 2. The van der Waals surface area contributed by atoms with E-state index in [0.717, 1.165) is 64.2 Å². The molecule has 2 N–H and O–H groups in total. The van der Waals surface area contributed by atoms with E-state index in [-0.39, 0.29) is 6.42 Å². The molecule has 0 amide bonds. The van der Waals surface area contributed by atoms with Crippen LogP contribution in [0.4, 0.5) is 0 Å². The zero-order valence-electron chi connectivity index (χ0n) is 39.2. The van der Waals surface area contributed by atoms with E-state index in [1.807, 2.05) is 0 Å². The average molecular weight is 805 g/mol. The number of rotatable bonds is 50. The Labute approximate surface area is 358 Å². The van der Waals surface area contributed by atoms with Gasteiger partial charge in [0.05, 0.1) is 5.41 Å². The lowest BCUT2D eigenvalue weighted by Gasteiger charge is -2.30. The Balaban J connectivity index is 4.07. The Bertz CT molecular complexity index is 765. The Morgan fingerprint density at radius 1 is 0.281 bits per heavy atom. The molecule has 0 aromatic rings. The third kappa shape index (κ3) is 41.5. The third-order valence-electron chi connectivity index (χ3n) is 13.3. The van der Waals surface area contributed by atoms with Crippen molar-refractivity contribution in [3.8, 4) is 0 Å². The van der Waals surface area contributed by atoms with Gasteiger partial charge >= 0.3 is 11.9 Å². The van der Waals surface area contributed by atoms with Crippen LogP contribution in [0, 0.1) is 5.41 Å². The van der Waals surface area contributed by atoms with Gasteiger partial charge in [-0.1, -0.05) is 290 Å². The molecule has 0 radical (unpaired) electrons. The van der Waals surface area contributed by atoms with Gasteiger partial charge in [0.25, 0.3) is 0 Å². The Morgan fingerprint density at radius 3 is 0.632 bits per heavy atom. The van der Waals surface area contributed by atoms with Crippen molar-refractivity contribution in [2.45, 2.75) is 322 Å². The molecule has 0 unspecified atom stereocenters. The van der Waals surface area contributed by atoms with Crippen LogP contribution >= 0.6 is 0 Å². The van der Waals surface area contributed by atoms with Gasteiger partial charge in [0, 0.05) is 6.42 Å². The molecule has 0 aliphatic carbocycles. The molecule has 0 spiro atoms. The molecule has 0 heterocycles. The van der Waals surface area contributed by atoms with Crippen LogP contribution in [0.2, 0.25) is 0 Å². The summed E-state index contributed by atoms with van der Waals surface area (Å²) in [6.45, 7) is 4.59. The van der Waals surface area contributed by atoms with Crippen LogP contribution in [0.15, 0.2) is 0 Å². The first-order chi connectivity index (χ1) is 28.0. The smallest absolute Gasteiger partial charge is 0.309 e. The summed E-state index contributed by atoms with van der Waals surface area (Å²) in [4.78, 5) is 23.7. The molecule has 4 nitrogen and oxygen atoms in total. The lowest BCUT2D eigenvalue weighted by Crippen LogP contribution is -2.31. The number of carboxylic acids is 2. The van der Waals surface area contributed by atoms with E-state index >= 15 is 0 Å². The Kier molecular flexibility index (Phi) is 45.2. The molecule has 0 aliphatic heterocycles. The maximum atomic E-state index is 12.8. The van der Waals surface area contributed by atoms with E-state index in [2.05, 4.69) is 13.8 Å². The van der Waals surface area contributed by atoms with Gasteiger partial charge in [0.2, 0.25) is 0 Å². The van der Waals surface area contributed by atoms with Gasteiger partial charge in [0.1, 0.15) is 0 Å². The van der Waals surface area contributed by atoms with Crippen molar-refractivity contribution in [3.63, 3.8) is 0 Å². The molecular weight excluding hydrogens is 701 g/mol. The third-order valence-corrected chi connectivity index (χ3v) is 13.3.